The van der Waals surface area contributed by atoms with Gasteiger partial charge in [0.1, 0.15) is 0 Å². The molecule has 1 amide bonds. The minimum atomic E-state index is -3.93. The average Bonchev–Trinajstić information content (AvgIpc) is 2.71. The number of hydrogen-bond acceptors (Lipinski definition) is 6. The monoisotopic (exact) mass is 390 g/mol. The minimum Gasteiger partial charge on any atom is -0.450 e. The van der Waals surface area contributed by atoms with E-state index in [4.69, 9.17) is 4.74 Å². The number of ether oxygens (including phenoxy) is 1. The van der Waals surface area contributed by atoms with Crippen LogP contribution in [0.5, 0.6) is 0 Å². The zero-order chi connectivity index (χ0) is 18.8. The van der Waals surface area contributed by atoms with Gasteiger partial charge >= 0.3 is 6.09 Å². The van der Waals surface area contributed by atoms with Gasteiger partial charge in [-0.2, -0.15) is 0 Å². The minimum absolute atomic E-state index is 0.0808. The van der Waals surface area contributed by atoms with Gasteiger partial charge in [0.15, 0.2) is 9.84 Å². The van der Waals surface area contributed by atoms with E-state index in [1.54, 1.807) is 26.0 Å². The molecule has 1 heterocycles. The van der Waals surface area contributed by atoms with Crippen LogP contribution in [0.1, 0.15) is 18.1 Å². The lowest BCUT2D eigenvalue weighted by atomic mass is 10.2. The number of alkyl carbamates (subject to hydrolysis) is 1. The molecule has 2 rings (SSSR count). The lowest BCUT2D eigenvalue weighted by Gasteiger charge is -2.21. The first-order valence-electron chi connectivity index (χ1n) is 7.77. The van der Waals surface area contributed by atoms with E-state index in [1.165, 1.54) is 6.07 Å². The van der Waals surface area contributed by atoms with E-state index in [9.17, 15) is 21.6 Å². The molecule has 140 valence electrons. The summed E-state index contributed by atoms with van der Waals surface area (Å²) in [6, 6.07) is 3.03. The van der Waals surface area contributed by atoms with Crippen molar-refractivity contribution in [1.29, 1.82) is 0 Å². The molecule has 10 heteroatoms. The molecule has 25 heavy (non-hydrogen) atoms. The number of amides is 1. The Hall–Kier alpha value is -1.65. The highest BCUT2D eigenvalue weighted by Crippen LogP contribution is 2.20. The lowest BCUT2D eigenvalue weighted by molar-refractivity contribution is 0.148. The van der Waals surface area contributed by atoms with Gasteiger partial charge in [-0.15, -0.1) is 0 Å². The first-order valence-corrected chi connectivity index (χ1v) is 11.1. The van der Waals surface area contributed by atoms with Crippen LogP contribution in [0.4, 0.5) is 4.79 Å². The highest BCUT2D eigenvalue weighted by Gasteiger charge is 2.41. The SMILES string of the molecule is CCOC(=O)N[C@H]1CS(=O)(=O)C[C@H]1NS(=O)(=O)c1ccc(C)cc1C. The van der Waals surface area contributed by atoms with Gasteiger partial charge in [0, 0.05) is 0 Å². The molecule has 1 aromatic carbocycles. The normalized spacial score (nSPS) is 22.5. The molecule has 0 aliphatic carbocycles. The van der Waals surface area contributed by atoms with Gasteiger partial charge in [-0.1, -0.05) is 17.7 Å². The maximum atomic E-state index is 12.6. The van der Waals surface area contributed by atoms with Crippen LogP contribution < -0.4 is 10.0 Å². The second-order valence-corrected chi connectivity index (χ2v) is 9.88. The first-order chi connectivity index (χ1) is 11.5. The van der Waals surface area contributed by atoms with Gasteiger partial charge in [0.2, 0.25) is 10.0 Å². The molecular weight excluding hydrogens is 368 g/mol. The molecule has 1 saturated heterocycles. The predicted molar refractivity (Wildman–Crippen MR) is 92.6 cm³/mol. The lowest BCUT2D eigenvalue weighted by Crippen LogP contribution is -2.51. The van der Waals surface area contributed by atoms with Crippen molar-refractivity contribution in [2.24, 2.45) is 0 Å². The molecule has 8 nitrogen and oxygen atoms in total. The van der Waals surface area contributed by atoms with E-state index in [1.807, 2.05) is 6.92 Å². The van der Waals surface area contributed by atoms with Crippen molar-refractivity contribution in [2.45, 2.75) is 37.8 Å². The molecule has 1 aromatic rings. The summed E-state index contributed by atoms with van der Waals surface area (Å²) in [5.74, 6) is -0.722. The Morgan fingerprint density at radius 3 is 2.48 bits per heavy atom. The molecule has 0 spiro atoms. The number of aryl methyl sites for hydroxylation is 2. The highest BCUT2D eigenvalue weighted by molar-refractivity contribution is 7.92. The summed E-state index contributed by atoms with van der Waals surface area (Å²) >= 11 is 0. The Balaban J connectivity index is 2.24. The third-order valence-corrected chi connectivity index (χ3v) is 7.24. The third kappa shape index (κ3) is 4.93. The molecule has 0 radical (unpaired) electrons. The average molecular weight is 390 g/mol. The molecule has 2 atom stereocenters. The molecule has 1 aliphatic rings. The summed E-state index contributed by atoms with van der Waals surface area (Å²) in [5.41, 5.74) is 1.48. The summed E-state index contributed by atoms with van der Waals surface area (Å²) in [6.45, 7) is 5.26. The summed E-state index contributed by atoms with van der Waals surface area (Å²) in [4.78, 5) is 11.7. The Bertz CT molecular complexity index is 864. The van der Waals surface area contributed by atoms with E-state index in [2.05, 4.69) is 10.0 Å². The van der Waals surface area contributed by atoms with Crippen molar-refractivity contribution in [3.63, 3.8) is 0 Å². The zero-order valence-corrected chi connectivity index (χ0v) is 15.9. The largest absolute Gasteiger partial charge is 0.450 e. The molecule has 0 unspecified atom stereocenters. The van der Waals surface area contributed by atoms with E-state index < -0.39 is 38.0 Å². The van der Waals surface area contributed by atoms with Gasteiger partial charge in [-0.3, -0.25) is 0 Å². The van der Waals surface area contributed by atoms with Gasteiger partial charge in [-0.25, -0.2) is 26.4 Å². The van der Waals surface area contributed by atoms with Crippen molar-refractivity contribution in [1.82, 2.24) is 10.0 Å². The number of sulfone groups is 1. The van der Waals surface area contributed by atoms with E-state index in [0.29, 0.717) is 5.56 Å². The van der Waals surface area contributed by atoms with Crippen LogP contribution >= 0.6 is 0 Å². The van der Waals surface area contributed by atoms with Crippen molar-refractivity contribution < 1.29 is 26.4 Å². The van der Waals surface area contributed by atoms with Gasteiger partial charge in [0.25, 0.3) is 0 Å². The van der Waals surface area contributed by atoms with Crippen LogP contribution in [0, 0.1) is 13.8 Å². The molecule has 1 aliphatic heterocycles. The fourth-order valence-corrected chi connectivity index (χ4v) is 6.26. The Morgan fingerprint density at radius 2 is 1.88 bits per heavy atom. The Kier molecular flexibility index (Phi) is 5.75. The number of rotatable bonds is 5. The number of benzene rings is 1. The maximum absolute atomic E-state index is 12.6. The molecule has 0 aromatic heterocycles. The summed E-state index contributed by atoms with van der Waals surface area (Å²) in [5, 5.41) is 2.42. The number of carbonyl (C=O) groups is 1. The number of sulfonamides is 1. The van der Waals surface area contributed by atoms with Crippen molar-refractivity contribution >= 4 is 26.0 Å². The number of carbonyl (C=O) groups excluding carboxylic acids is 1. The molecule has 0 saturated carbocycles. The van der Waals surface area contributed by atoms with Crippen LogP contribution in [0.3, 0.4) is 0 Å². The fraction of sp³-hybridized carbons (Fsp3) is 0.533. The van der Waals surface area contributed by atoms with E-state index in [0.717, 1.165) is 5.56 Å². The fourth-order valence-electron chi connectivity index (χ4n) is 2.79. The van der Waals surface area contributed by atoms with E-state index >= 15 is 0 Å². The standard InChI is InChI=1S/C15H22N2O6S2/c1-4-23-15(18)16-12-8-24(19,20)9-13(12)17-25(21,22)14-6-5-10(2)7-11(14)3/h5-7,12-13,17H,4,8-9H2,1-3H3,(H,16,18)/t12-,13+/m0/s1. The first kappa shape index (κ1) is 19.7. The third-order valence-electron chi connectivity index (χ3n) is 3.86. The van der Waals surface area contributed by atoms with Crippen molar-refractivity contribution in [2.75, 3.05) is 18.1 Å². The highest BCUT2D eigenvalue weighted by atomic mass is 32.2. The van der Waals surface area contributed by atoms with Gasteiger partial charge in [0.05, 0.1) is 35.1 Å². The maximum Gasteiger partial charge on any atom is 0.407 e. The Morgan fingerprint density at radius 1 is 1.24 bits per heavy atom. The summed E-state index contributed by atoms with van der Waals surface area (Å²) in [6.07, 6.45) is -0.777. The number of nitrogens with one attached hydrogen (secondary N) is 2. The predicted octanol–water partition coefficient (Wildman–Crippen LogP) is 0.493. The zero-order valence-electron chi connectivity index (χ0n) is 14.3. The molecule has 2 N–H and O–H groups in total. The molecule has 1 fully saturated rings. The van der Waals surface area contributed by atoms with E-state index in [-0.39, 0.29) is 23.0 Å². The van der Waals surface area contributed by atoms with Crippen LogP contribution in [0.25, 0.3) is 0 Å². The van der Waals surface area contributed by atoms with Gasteiger partial charge < -0.3 is 10.1 Å². The van der Waals surface area contributed by atoms with Crippen LogP contribution in [-0.4, -0.2) is 53.1 Å². The quantitative estimate of drug-likeness (QED) is 0.755. The molecule has 0 bridgehead atoms. The second-order valence-electron chi connectivity index (χ2n) is 6.04. The number of hydrogen-bond donors (Lipinski definition) is 2. The summed E-state index contributed by atoms with van der Waals surface area (Å²) < 4.78 is 56.2. The smallest absolute Gasteiger partial charge is 0.407 e. The van der Waals surface area contributed by atoms with Crippen molar-refractivity contribution in [3.8, 4) is 0 Å². The van der Waals surface area contributed by atoms with Crippen LogP contribution in [-0.2, 0) is 24.6 Å². The second kappa shape index (κ2) is 7.30. The summed E-state index contributed by atoms with van der Waals surface area (Å²) in [7, 11) is -7.40. The van der Waals surface area contributed by atoms with Gasteiger partial charge in [-0.05, 0) is 32.4 Å². The topological polar surface area (TPSA) is 119 Å². The molecular formula is C15H22N2O6S2. The van der Waals surface area contributed by atoms with Crippen LogP contribution in [0.15, 0.2) is 23.1 Å². The Labute approximate surface area is 147 Å². The van der Waals surface area contributed by atoms with Crippen molar-refractivity contribution in [3.05, 3.63) is 29.3 Å². The van der Waals surface area contributed by atoms with Crippen LogP contribution in [0.2, 0.25) is 0 Å².